The standard InChI is InChI=1S/C12H15N3O4/c1-3-13-11(17)12(18)15-14-7-8-5-4-6-9(19-2)10(8)16/h4-7,16H,3H2,1-2H3,(H,13,17)(H,15,18)/b14-7-. The molecular weight excluding hydrogens is 250 g/mol. The van der Waals surface area contributed by atoms with Crippen molar-refractivity contribution < 1.29 is 19.4 Å². The van der Waals surface area contributed by atoms with Gasteiger partial charge in [0.15, 0.2) is 11.5 Å². The number of nitrogens with one attached hydrogen (secondary N) is 2. The molecule has 1 aromatic carbocycles. The summed E-state index contributed by atoms with van der Waals surface area (Å²) < 4.78 is 4.92. The first-order valence-corrected chi connectivity index (χ1v) is 5.57. The molecule has 0 heterocycles. The maximum atomic E-state index is 11.2. The van der Waals surface area contributed by atoms with Crippen LogP contribution in [0.25, 0.3) is 0 Å². The van der Waals surface area contributed by atoms with Crippen LogP contribution in [0.2, 0.25) is 0 Å². The predicted molar refractivity (Wildman–Crippen MR) is 69.1 cm³/mol. The maximum absolute atomic E-state index is 11.2. The Balaban J connectivity index is 2.68. The van der Waals surface area contributed by atoms with Gasteiger partial charge in [-0.05, 0) is 19.1 Å². The summed E-state index contributed by atoms with van der Waals surface area (Å²) in [5.74, 6) is -1.45. The number of ether oxygens (including phenoxy) is 1. The number of likely N-dealkylation sites (N-methyl/N-ethyl adjacent to an activating group) is 1. The van der Waals surface area contributed by atoms with Crippen LogP contribution in [0.5, 0.6) is 11.5 Å². The van der Waals surface area contributed by atoms with E-state index < -0.39 is 11.8 Å². The molecule has 0 spiro atoms. The van der Waals surface area contributed by atoms with E-state index in [9.17, 15) is 14.7 Å². The number of benzene rings is 1. The summed E-state index contributed by atoms with van der Waals surface area (Å²) in [6.45, 7) is 2.05. The molecule has 0 aliphatic carbocycles. The van der Waals surface area contributed by atoms with Gasteiger partial charge in [-0.25, -0.2) is 5.43 Å². The number of hydrazone groups is 1. The predicted octanol–water partition coefficient (Wildman–Crippen LogP) is -0.0130. The Morgan fingerprint density at radius 2 is 2.16 bits per heavy atom. The summed E-state index contributed by atoms with van der Waals surface area (Å²) in [6, 6.07) is 4.82. The number of methoxy groups -OCH3 is 1. The molecule has 0 aromatic heterocycles. The molecule has 102 valence electrons. The number of carbonyl (C=O) groups is 2. The van der Waals surface area contributed by atoms with E-state index in [1.165, 1.54) is 13.3 Å². The van der Waals surface area contributed by atoms with Gasteiger partial charge in [-0.15, -0.1) is 0 Å². The number of aromatic hydroxyl groups is 1. The van der Waals surface area contributed by atoms with Crippen molar-refractivity contribution >= 4 is 18.0 Å². The molecule has 0 fully saturated rings. The molecule has 1 rings (SSSR count). The second-order valence-corrected chi connectivity index (χ2v) is 3.46. The molecule has 3 N–H and O–H groups in total. The number of para-hydroxylation sites is 1. The van der Waals surface area contributed by atoms with Crippen LogP contribution in [0, 0.1) is 0 Å². The Hall–Kier alpha value is -2.57. The molecule has 0 aliphatic rings. The van der Waals surface area contributed by atoms with Crippen molar-refractivity contribution in [3.05, 3.63) is 23.8 Å². The summed E-state index contributed by atoms with van der Waals surface area (Å²) in [5.41, 5.74) is 2.40. The molecule has 2 amide bonds. The van der Waals surface area contributed by atoms with Crippen molar-refractivity contribution in [1.29, 1.82) is 0 Å². The van der Waals surface area contributed by atoms with Crippen LogP contribution in [-0.4, -0.2) is 36.8 Å². The fraction of sp³-hybridized carbons (Fsp3) is 0.250. The molecule has 1 aromatic rings. The van der Waals surface area contributed by atoms with E-state index >= 15 is 0 Å². The number of nitrogens with zero attached hydrogens (tertiary/aromatic N) is 1. The summed E-state index contributed by atoms with van der Waals surface area (Å²) in [7, 11) is 1.42. The summed E-state index contributed by atoms with van der Waals surface area (Å²) in [6.07, 6.45) is 1.22. The average Bonchev–Trinajstić information content (AvgIpc) is 2.40. The van der Waals surface area contributed by atoms with Gasteiger partial charge in [-0.3, -0.25) is 9.59 Å². The number of phenols is 1. The highest BCUT2D eigenvalue weighted by atomic mass is 16.5. The second-order valence-electron chi connectivity index (χ2n) is 3.46. The van der Waals surface area contributed by atoms with Crippen molar-refractivity contribution in [3.8, 4) is 11.5 Å². The van der Waals surface area contributed by atoms with Crippen LogP contribution >= 0.6 is 0 Å². The molecule has 7 heteroatoms. The fourth-order valence-electron chi connectivity index (χ4n) is 1.26. The molecule has 0 saturated carbocycles. The van der Waals surface area contributed by atoms with Crippen LogP contribution in [0.3, 0.4) is 0 Å². The Morgan fingerprint density at radius 1 is 1.42 bits per heavy atom. The summed E-state index contributed by atoms with van der Waals surface area (Å²) in [5, 5.41) is 15.6. The average molecular weight is 265 g/mol. The van der Waals surface area contributed by atoms with Gasteiger partial charge >= 0.3 is 11.8 Å². The van der Waals surface area contributed by atoms with E-state index in [1.54, 1.807) is 25.1 Å². The highest BCUT2D eigenvalue weighted by Gasteiger charge is 2.10. The second kappa shape index (κ2) is 7.00. The smallest absolute Gasteiger partial charge is 0.329 e. The number of amides is 2. The molecule has 19 heavy (non-hydrogen) atoms. The van der Waals surface area contributed by atoms with Gasteiger partial charge in [-0.1, -0.05) is 6.07 Å². The third-order valence-corrected chi connectivity index (χ3v) is 2.16. The van der Waals surface area contributed by atoms with Crippen LogP contribution in [-0.2, 0) is 9.59 Å². The van der Waals surface area contributed by atoms with Gasteiger partial charge in [0, 0.05) is 12.1 Å². The third-order valence-electron chi connectivity index (χ3n) is 2.16. The van der Waals surface area contributed by atoms with Gasteiger partial charge in [0.05, 0.1) is 13.3 Å². The lowest BCUT2D eigenvalue weighted by Crippen LogP contribution is -2.37. The van der Waals surface area contributed by atoms with E-state index in [0.717, 1.165) is 0 Å². The molecule has 0 radical (unpaired) electrons. The van der Waals surface area contributed by atoms with Gasteiger partial charge in [0.2, 0.25) is 0 Å². The van der Waals surface area contributed by atoms with Gasteiger partial charge in [0.25, 0.3) is 0 Å². The van der Waals surface area contributed by atoms with E-state index in [-0.39, 0.29) is 5.75 Å². The Morgan fingerprint density at radius 3 is 2.79 bits per heavy atom. The monoisotopic (exact) mass is 265 g/mol. The van der Waals surface area contributed by atoms with Crippen LogP contribution in [0.4, 0.5) is 0 Å². The SMILES string of the molecule is CCNC(=O)C(=O)N/N=C\c1cccc(OC)c1O. The third kappa shape index (κ3) is 3.98. The molecule has 0 aliphatic heterocycles. The minimum Gasteiger partial charge on any atom is -0.504 e. The van der Waals surface area contributed by atoms with E-state index in [1.807, 2.05) is 5.43 Å². The van der Waals surface area contributed by atoms with E-state index in [0.29, 0.717) is 17.9 Å². The lowest BCUT2D eigenvalue weighted by atomic mass is 10.2. The number of hydrogen-bond acceptors (Lipinski definition) is 5. The van der Waals surface area contributed by atoms with E-state index in [2.05, 4.69) is 10.4 Å². The lowest BCUT2D eigenvalue weighted by Gasteiger charge is -2.04. The Kier molecular flexibility index (Phi) is 5.34. The summed E-state index contributed by atoms with van der Waals surface area (Å²) >= 11 is 0. The van der Waals surface area contributed by atoms with Crippen molar-refractivity contribution in [1.82, 2.24) is 10.7 Å². The van der Waals surface area contributed by atoms with Crippen molar-refractivity contribution in [2.75, 3.05) is 13.7 Å². The first-order valence-electron chi connectivity index (χ1n) is 5.57. The van der Waals surface area contributed by atoms with Crippen molar-refractivity contribution in [2.24, 2.45) is 5.10 Å². The van der Waals surface area contributed by atoms with Crippen LogP contribution in [0.1, 0.15) is 12.5 Å². The molecule has 0 bridgehead atoms. The molecular formula is C12H15N3O4. The number of carbonyl (C=O) groups excluding carboxylic acids is 2. The van der Waals surface area contributed by atoms with Gasteiger partial charge in [-0.2, -0.15) is 5.10 Å². The largest absolute Gasteiger partial charge is 0.504 e. The van der Waals surface area contributed by atoms with Crippen molar-refractivity contribution in [2.45, 2.75) is 6.92 Å². The van der Waals surface area contributed by atoms with Crippen LogP contribution < -0.4 is 15.5 Å². The first-order chi connectivity index (χ1) is 9.10. The zero-order valence-electron chi connectivity index (χ0n) is 10.6. The topological polar surface area (TPSA) is 100 Å². The first kappa shape index (κ1) is 14.5. The zero-order valence-corrected chi connectivity index (χ0v) is 10.6. The lowest BCUT2D eigenvalue weighted by molar-refractivity contribution is -0.139. The normalized spacial score (nSPS) is 10.2. The minimum absolute atomic E-state index is 0.0963. The molecule has 0 saturated heterocycles. The zero-order chi connectivity index (χ0) is 14.3. The quantitative estimate of drug-likeness (QED) is 0.405. The Labute approximate surface area is 110 Å². The fourth-order valence-corrected chi connectivity index (χ4v) is 1.26. The maximum Gasteiger partial charge on any atom is 0.329 e. The highest BCUT2D eigenvalue weighted by Crippen LogP contribution is 2.27. The van der Waals surface area contributed by atoms with Gasteiger partial charge in [0.1, 0.15) is 0 Å². The number of phenolic OH excluding ortho intramolecular Hbond substituents is 1. The Bertz CT molecular complexity index is 500. The minimum atomic E-state index is -0.875. The van der Waals surface area contributed by atoms with E-state index in [4.69, 9.17) is 4.74 Å². The molecule has 7 nitrogen and oxygen atoms in total. The molecule has 0 unspecified atom stereocenters. The van der Waals surface area contributed by atoms with Gasteiger partial charge < -0.3 is 15.2 Å². The van der Waals surface area contributed by atoms with Crippen molar-refractivity contribution in [3.63, 3.8) is 0 Å². The number of hydrogen-bond donors (Lipinski definition) is 3. The van der Waals surface area contributed by atoms with Crippen LogP contribution in [0.15, 0.2) is 23.3 Å². The summed E-state index contributed by atoms with van der Waals surface area (Å²) in [4.78, 5) is 22.3. The molecule has 0 atom stereocenters. The highest BCUT2D eigenvalue weighted by molar-refractivity contribution is 6.35. The number of rotatable bonds is 4.